The molecule has 0 aromatic rings. The first-order valence-electron chi connectivity index (χ1n) is 12.1. The molecular formula is C22H40O15. The third-order valence-corrected chi connectivity index (χ3v) is 6.97. The highest BCUT2D eigenvalue weighted by Gasteiger charge is 2.55. The van der Waals surface area contributed by atoms with Gasteiger partial charge in [0.2, 0.25) is 0 Å². The van der Waals surface area contributed by atoms with E-state index in [2.05, 4.69) is 0 Å². The molecule has 0 aromatic heterocycles. The normalized spacial score (nSPS) is 49.7. The molecule has 0 radical (unpaired) electrons. The third kappa shape index (κ3) is 6.26. The second kappa shape index (κ2) is 12.3. The van der Waals surface area contributed by atoms with Crippen LogP contribution in [0.25, 0.3) is 0 Å². The van der Waals surface area contributed by atoms with Crippen molar-refractivity contribution in [3.05, 3.63) is 0 Å². The summed E-state index contributed by atoms with van der Waals surface area (Å²) in [5.41, 5.74) is -0.761. The molecule has 218 valence electrons. The molecule has 0 aliphatic carbocycles. The minimum absolute atomic E-state index is 0.644. The predicted molar refractivity (Wildman–Crippen MR) is 118 cm³/mol. The fraction of sp³-hybridized carbons (Fsp3) is 1.00. The van der Waals surface area contributed by atoms with Gasteiger partial charge in [-0.25, -0.2) is 0 Å². The van der Waals surface area contributed by atoms with Crippen LogP contribution in [0, 0.1) is 5.41 Å². The fourth-order valence-electron chi connectivity index (χ4n) is 4.75. The first kappa shape index (κ1) is 30.9. The molecule has 0 spiro atoms. The zero-order valence-corrected chi connectivity index (χ0v) is 20.8. The van der Waals surface area contributed by atoms with Gasteiger partial charge in [0, 0.05) is 0 Å². The van der Waals surface area contributed by atoms with Gasteiger partial charge in [-0.2, -0.15) is 0 Å². The molecule has 0 aromatic carbocycles. The van der Waals surface area contributed by atoms with Crippen molar-refractivity contribution in [1.29, 1.82) is 0 Å². The Labute approximate surface area is 213 Å². The van der Waals surface area contributed by atoms with E-state index in [1.165, 1.54) is 0 Å². The lowest BCUT2D eigenvalue weighted by Gasteiger charge is -2.52. The van der Waals surface area contributed by atoms with E-state index in [0.29, 0.717) is 0 Å². The lowest BCUT2D eigenvalue weighted by Crippen LogP contribution is -2.68. The first-order valence-corrected chi connectivity index (χ1v) is 12.1. The van der Waals surface area contributed by atoms with Crippen LogP contribution in [0.3, 0.4) is 0 Å². The highest BCUT2D eigenvalue weighted by atomic mass is 16.7. The van der Waals surface area contributed by atoms with Crippen molar-refractivity contribution in [2.75, 3.05) is 19.8 Å². The Bertz CT molecular complexity index is 717. The Morgan fingerprint density at radius 1 is 0.514 bits per heavy atom. The maximum atomic E-state index is 11.0. The van der Waals surface area contributed by atoms with Crippen molar-refractivity contribution in [3.8, 4) is 0 Å². The molecule has 15 nitrogen and oxygen atoms in total. The summed E-state index contributed by atoms with van der Waals surface area (Å²) in [6.45, 7) is 3.16. The average molecular weight is 545 g/mol. The summed E-state index contributed by atoms with van der Waals surface area (Å²) in [6.07, 6.45) is -23.0. The van der Waals surface area contributed by atoms with Gasteiger partial charge in [0.25, 0.3) is 0 Å². The number of rotatable bonds is 7. The van der Waals surface area contributed by atoms with E-state index in [0.717, 1.165) is 0 Å². The van der Waals surface area contributed by atoms with Crippen LogP contribution in [-0.4, -0.2) is 163 Å². The largest absolute Gasteiger partial charge is 0.394 e. The van der Waals surface area contributed by atoms with Crippen LogP contribution >= 0.6 is 0 Å². The summed E-state index contributed by atoms with van der Waals surface area (Å²) in [5.74, 6) is 0. The van der Waals surface area contributed by atoms with Crippen LogP contribution in [0.5, 0.6) is 0 Å². The highest BCUT2D eigenvalue weighted by Crippen LogP contribution is 2.39. The van der Waals surface area contributed by atoms with Gasteiger partial charge >= 0.3 is 0 Å². The van der Waals surface area contributed by atoms with E-state index in [1.807, 2.05) is 0 Å². The number of aliphatic hydroxyl groups is 10. The summed E-state index contributed by atoms with van der Waals surface area (Å²) in [7, 11) is 0. The molecule has 0 bridgehead atoms. The Balaban J connectivity index is 1.95. The number of hydrogen-bond acceptors (Lipinski definition) is 15. The Morgan fingerprint density at radius 2 is 0.892 bits per heavy atom. The SMILES string of the molecule is CC(C)(C)C1O[C@H](CO)[C@@H](O)[C@H](OC2O[C@H](CO)[C@@H](O)[C@H](O)[C@H]2O)[C@H]1OC1O[C@H](CO)[C@@H](O)[C@H](O)[C@H]1O. The van der Waals surface area contributed by atoms with Crippen molar-refractivity contribution in [3.63, 3.8) is 0 Å². The van der Waals surface area contributed by atoms with Crippen LogP contribution in [-0.2, 0) is 23.7 Å². The maximum Gasteiger partial charge on any atom is 0.187 e. The van der Waals surface area contributed by atoms with E-state index < -0.39 is 117 Å². The fourth-order valence-corrected chi connectivity index (χ4v) is 4.75. The van der Waals surface area contributed by atoms with Gasteiger partial charge in [-0.15, -0.1) is 0 Å². The smallest absolute Gasteiger partial charge is 0.187 e. The second-order valence-corrected chi connectivity index (χ2v) is 10.7. The van der Waals surface area contributed by atoms with E-state index in [1.54, 1.807) is 20.8 Å². The molecule has 10 N–H and O–H groups in total. The highest BCUT2D eigenvalue weighted by molar-refractivity contribution is 5.01. The Hall–Kier alpha value is -0.600. The molecule has 15 heteroatoms. The monoisotopic (exact) mass is 544 g/mol. The molecule has 3 unspecified atom stereocenters. The number of hydrogen-bond donors (Lipinski definition) is 10. The molecule has 15 atom stereocenters. The minimum Gasteiger partial charge on any atom is -0.394 e. The van der Waals surface area contributed by atoms with Gasteiger partial charge in [0.15, 0.2) is 12.6 Å². The lowest BCUT2D eigenvalue weighted by molar-refractivity contribution is -0.376. The Morgan fingerprint density at radius 3 is 1.27 bits per heavy atom. The molecule has 0 amide bonds. The molecule has 3 heterocycles. The van der Waals surface area contributed by atoms with Gasteiger partial charge in [0.05, 0.1) is 25.9 Å². The Kier molecular flexibility index (Phi) is 10.3. The first-order chi connectivity index (χ1) is 17.3. The quantitative estimate of drug-likeness (QED) is 0.144. The van der Waals surface area contributed by atoms with Crippen LogP contribution in [0.4, 0.5) is 0 Å². The van der Waals surface area contributed by atoms with E-state index in [-0.39, 0.29) is 0 Å². The average Bonchev–Trinajstić information content (AvgIpc) is 2.85. The molecule has 3 aliphatic heterocycles. The zero-order valence-electron chi connectivity index (χ0n) is 20.8. The zero-order chi connectivity index (χ0) is 27.8. The van der Waals surface area contributed by atoms with Crippen LogP contribution in [0.1, 0.15) is 20.8 Å². The van der Waals surface area contributed by atoms with Gasteiger partial charge < -0.3 is 74.7 Å². The minimum atomic E-state index is -1.82. The molecule has 37 heavy (non-hydrogen) atoms. The van der Waals surface area contributed by atoms with E-state index >= 15 is 0 Å². The standard InChI is InChI=1S/C22H40O15/c1-22(2,3)19-18(37-21-16(32)14(30)11(27)8(5-24)35-21)17(12(28)9(6-25)33-19)36-20-15(31)13(29)10(26)7(4-23)34-20/h7-21,23-32H,4-6H2,1-3H3/t7-,8-,9-,10-,11-,12-,13+,14+,15-,16-,17+,18-,19?,20?,21?/m1/s1. The molecule has 3 aliphatic rings. The third-order valence-electron chi connectivity index (χ3n) is 6.97. The van der Waals surface area contributed by atoms with E-state index in [9.17, 15) is 51.1 Å². The van der Waals surface area contributed by atoms with Crippen molar-refractivity contribution < 1.29 is 74.7 Å². The van der Waals surface area contributed by atoms with E-state index in [4.69, 9.17) is 23.7 Å². The summed E-state index contributed by atoms with van der Waals surface area (Å²) < 4.78 is 28.5. The summed E-state index contributed by atoms with van der Waals surface area (Å²) in [6, 6.07) is 0. The topological polar surface area (TPSA) is 248 Å². The summed E-state index contributed by atoms with van der Waals surface area (Å²) in [4.78, 5) is 0. The van der Waals surface area contributed by atoms with Gasteiger partial charge in [-0.1, -0.05) is 20.8 Å². The number of aliphatic hydroxyl groups excluding tert-OH is 10. The molecular weight excluding hydrogens is 504 g/mol. The van der Waals surface area contributed by atoms with Crippen molar-refractivity contribution in [2.24, 2.45) is 5.41 Å². The predicted octanol–water partition coefficient (Wildman–Crippen LogP) is -5.48. The molecule has 0 saturated carbocycles. The van der Waals surface area contributed by atoms with Crippen molar-refractivity contribution >= 4 is 0 Å². The number of ether oxygens (including phenoxy) is 5. The summed E-state index contributed by atoms with van der Waals surface area (Å²) in [5, 5.41) is 101. The van der Waals surface area contributed by atoms with Gasteiger partial charge in [0.1, 0.15) is 73.2 Å². The molecule has 3 rings (SSSR count). The summed E-state index contributed by atoms with van der Waals surface area (Å²) >= 11 is 0. The van der Waals surface area contributed by atoms with Crippen LogP contribution in [0.2, 0.25) is 0 Å². The van der Waals surface area contributed by atoms with Crippen molar-refractivity contribution in [2.45, 2.75) is 113 Å². The van der Waals surface area contributed by atoms with Crippen LogP contribution < -0.4 is 0 Å². The van der Waals surface area contributed by atoms with Crippen LogP contribution in [0.15, 0.2) is 0 Å². The molecule has 3 saturated heterocycles. The van der Waals surface area contributed by atoms with Gasteiger partial charge in [-0.05, 0) is 5.41 Å². The molecule has 3 fully saturated rings. The lowest BCUT2D eigenvalue weighted by atomic mass is 9.80. The second-order valence-electron chi connectivity index (χ2n) is 10.7. The van der Waals surface area contributed by atoms with Crippen molar-refractivity contribution in [1.82, 2.24) is 0 Å². The maximum absolute atomic E-state index is 11.0. The van der Waals surface area contributed by atoms with Gasteiger partial charge in [-0.3, -0.25) is 0 Å².